The second-order valence-corrected chi connectivity index (χ2v) is 17.7. The first-order chi connectivity index (χ1) is 51.0. The molecule has 1 atom stereocenters. The van der Waals surface area contributed by atoms with Crippen LogP contribution in [0.15, 0.2) is 153 Å². The van der Waals surface area contributed by atoms with Crippen LogP contribution in [0.2, 0.25) is 0 Å². The van der Waals surface area contributed by atoms with E-state index >= 15 is 0 Å². The molecule has 624 valence electrons. The van der Waals surface area contributed by atoms with Crippen molar-refractivity contribution in [3.8, 4) is 0 Å². The van der Waals surface area contributed by atoms with E-state index in [0.29, 0.717) is 0 Å². The summed E-state index contributed by atoms with van der Waals surface area (Å²) in [5.41, 5.74) is 4.98. The molecule has 2 heterocycles. The molecule has 1 unspecified atom stereocenters. The lowest BCUT2D eigenvalue weighted by Gasteiger charge is -2.18. The van der Waals surface area contributed by atoms with Crippen LogP contribution >= 0.6 is 0 Å². The minimum atomic E-state index is 0.759. The van der Waals surface area contributed by atoms with Crippen molar-refractivity contribution in [1.29, 1.82) is 0 Å². The van der Waals surface area contributed by atoms with Crippen molar-refractivity contribution in [3.63, 3.8) is 0 Å². The maximum Gasteiger partial charge on any atom is 0.138 e. The first-order valence-electron chi connectivity index (χ1n) is 44.0. The van der Waals surface area contributed by atoms with E-state index < -0.39 is 0 Å². The average molecular weight is 1460 g/mol. The molecule has 4 aromatic carbocycles. The van der Waals surface area contributed by atoms with Crippen molar-refractivity contribution in [2.45, 2.75) is 417 Å². The normalized spacial score (nSPS) is 10.9. The predicted molar refractivity (Wildman–Crippen MR) is 502 cm³/mol. The van der Waals surface area contributed by atoms with Crippen molar-refractivity contribution in [3.05, 3.63) is 181 Å². The Morgan fingerprint density at radius 2 is 0.635 bits per heavy atom. The molecule has 6 aromatic rings. The number of nitrogens with zero attached hydrogens (tertiary/aromatic N) is 6. The third-order valence-corrected chi connectivity index (χ3v) is 10.9. The molecule has 0 spiro atoms. The van der Waals surface area contributed by atoms with Gasteiger partial charge >= 0.3 is 0 Å². The van der Waals surface area contributed by atoms with Crippen molar-refractivity contribution >= 4 is 10.8 Å². The maximum absolute atomic E-state index is 3.81. The van der Waals surface area contributed by atoms with Crippen LogP contribution in [0, 0.1) is 57.3 Å². The van der Waals surface area contributed by atoms with Crippen LogP contribution in [0.3, 0.4) is 0 Å². The van der Waals surface area contributed by atoms with Gasteiger partial charge in [0.2, 0.25) is 0 Å². The van der Waals surface area contributed by atoms with Gasteiger partial charge in [-0.25, -0.2) is 19.9 Å². The summed E-state index contributed by atoms with van der Waals surface area (Å²) in [6.45, 7) is 101. The van der Waals surface area contributed by atoms with Crippen molar-refractivity contribution in [2.24, 2.45) is 29.6 Å². The predicted octanol–water partition coefficient (Wildman–Crippen LogP) is 36.5. The number of aryl methyl sites for hydroxylation is 5. The van der Waals surface area contributed by atoms with E-state index in [-0.39, 0.29) is 0 Å². The van der Waals surface area contributed by atoms with E-state index in [0.717, 1.165) is 47.5 Å². The zero-order valence-corrected chi connectivity index (χ0v) is 81.3. The van der Waals surface area contributed by atoms with E-state index in [1.807, 2.05) is 315 Å². The van der Waals surface area contributed by atoms with Gasteiger partial charge in [0.05, 0.1) is 11.9 Å². The molecule has 6 heteroatoms. The van der Waals surface area contributed by atoms with E-state index in [1.165, 1.54) is 111 Å². The quantitative estimate of drug-likeness (QED) is 0.153. The van der Waals surface area contributed by atoms with Gasteiger partial charge in [-0.2, -0.15) is 5.10 Å². The molecule has 11 rings (SSSR count). The Hall–Kier alpha value is -5.36. The SMILES string of the molecule is CC.CC.CC.CC.CC.CC.CC.CC.CC.CC.CC.CC.CC.CC.CC.CC.CC.CC.CC.CC.CC1C=C1.CC1C=CC1.CC1CC1.CC1CCC1.CC1CCCC1.CCc1ccccc1.Cc1cccc2ccccc12.Cc1ccccc1.Cc1cnncn1.Cc1ncncn1. The molecule has 104 heavy (non-hydrogen) atoms. The summed E-state index contributed by atoms with van der Waals surface area (Å²) in [5.74, 6) is 5.67. The maximum atomic E-state index is 3.81. The second-order valence-electron chi connectivity index (χ2n) is 17.7. The van der Waals surface area contributed by atoms with Crippen LogP contribution in [-0.4, -0.2) is 30.1 Å². The Balaban J connectivity index is -0.0000000434. The van der Waals surface area contributed by atoms with Crippen molar-refractivity contribution < 1.29 is 0 Å². The standard InChI is InChI=1S/C11H10.C8H10.C7H8.C6H12.C5H10.C5H8.2C4H5N3.C4H8.C4H6.20C2H6/c1-9-5-4-7-10-6-2-3-8-11(9)10;1-2-8-6-4-3-5-7-8;1-7-5-3-2-4-6-7;1-6-4-2-3-5-6;2*1-5-3-2-4-5;1-4-6-2-5-3-7-4;1-4-2-6-7-3-5-4;2*1-4-2-3-4;20*1-2/h2-8H,1H3;3-7H,2H2,1H3;2-6H,1H3;6H,2-5H2,1H3;5H,2-4H2,1H3;2-3,5H,4H2,1H3;2*2-3H,1H3;4H,2-3H2,1H3;2-4H,1H3;20*1-2H3. The Labute approximate surface area is 664 Å². The Bertz CT molecular complexity index is 1930. The van der Waals surface area contributed by atoms with Crippen molar-refractivity contribution in [1.82, 2.24) is 30.1 Å². The first kappa shape index (κ1) is 148. The summed E-state index contributed by atoms with van der Waals surface area (Å²) in [6.07, 6.45) is 30.6. The number of rotatable bonds is 1. The number of aromatic nitrogens is 6. The van der Waals surface area contributed by atoms with E-state index in [9.17, 15) is 0 Å². The highest BCUT2D eigenvalue weighted by Gasteiger charge is 2.12. The van der Waals surface area contributed by atoms with Gasteiger partial charge < -0.3 is 0 Å². The van der Waals surface area contributed by atoms with E-state index in [1.54, 1.807) is 6.20 Å². The Morgan fingerprint density at radius 3 is 0.808 bits per heavy atom. The average Bonchev–Trinajstić information content (AvgIpc) is 1.18. The zero-order chi connectivity index (χ0) is 86.6. The van der Waals surface area contributed by atoms with E-state index in [2.05, 4.69) is 189 Å². The fraction of sp³-hybridized carbons (Fsp3) is 0.673. The summed E-state index contributed by atoms with van der Waals surface area (Å²) in [7, 11) is 0. The van der Waals surface area contributed by atoms with Gasteiger partial charge in [-0.15, -0.1) is 5.10 Å². The Morgan fingerprint density at radius 1 is 0.327 bits per heavy atom. The highest BCUT2D eigenvalue weighted by molar-refractivity contribution is 5.85. The number of fused-ring (bicyclic) bond motifs is 1. The smallest absolute Gasteiger partial charge is 0.138 e. The molecule has 0 amide bonds. The molecular weight excluding hydrogens is 1260 g/mol. The third kappa shape index (κ3) is 159. The summed E-state index contributed by atoms with van der Waals surface area (Å²) < 4.78 is 0. The third-order valence-electron chi connectivity index (χ3n) is 10.9. The van der Waals surface area contributed by atoms with Gasteiger partial charge in [0.1, 0.15) is 24.8 Å². The second kappa shape index (κ2) is 173. The van der Waals surface area contributed by atoms with E-state index in [4.69, 9.17) is 0 Å². The molecule has 3 fully saturated rings. The van der Waals surface area contributed by atoms with Crippen LogP contribution < -0.4 is 0 Å². The lowest BCUT2D eigenvalue weighted by Crippen LogP contribution is -2.04. The zero-order valence-electron chi connectivity index (χ0n) is 81.3. The lowest BCUT2D eigenvalue weighted by molar-refractivity contribution is 0.346. The molecule has 3 saturated carbocycles. The molecule has 5 aliphatic carbocycles. The molecule has 2 aromatic heterocycles. The number of hydrogen-bond donors (Lipinski definition) is 0. The first-order valence-corrected chi connectivity index (χ1v) is 44.0. The van der Waals surface area contributed by atoms with Crippen LogP contribution in [-0.2, 0) is 6.42 Å². The van der Waals surface area contributed by atoms with Crippen LogP contribution in [0.1, 0.15) is 411 Å². The molecule has 6 nitrogen and oxygen atoms in total. The van der Waals surface area contributed by atoms with Gasteiger partial charge in [0.25, 0.3) is 0 Å². The molecule has 0 aliphatic heterocycles. The summed E-state index contributed by atoms with van der Waals surface area (Å²) in [5, 5.41) is 9.74. The summed E-state index contributed by atoms with van der Waals surface area (Å²) in [4.78, 5) is 14.9. The fourth-order valence-corrected chi connectivity index (χ4v) is 5.66. The number of benzene rings is 4. The molecular formula is C98H202N6. The molecule has 0 saturated heterocycles. The van der Waals surface area contributed by atoms with Gasteiger partial charge in [-0.05, 0) is 92.0 Å². The van der Waals surface area contributed by atoms with Gasteiger partial charge in [0, 0.05) is 0 Å². The molecule has 5 aliphatic rings. The van der Waals surface area contributed by atoms with Crippen LogP contribution in [0.4, 0.5) is 0 Å². The summed E-state index contributed by atoms with van der Waals surface area (Å²) in [6, 6.07) is 35.5. The minimum Gasteiger partial charge on any atom is -0.238 e. The largest absolute Gasteiger partial charge is 0.238 e. The topological polar surface area (TPSA) is 77.3 Å². The lowest BCUT2D eigenvalue weighted by atomic mass is 9.88. The molecule has 0 radical (unpaired) electrons. The minimum absolute atomic E-state index is 0.759. The molecule has 0 N–H and O–H groups in total. The monoisotopic (exact) mass is 1460 g/mol. The van der Waals surface area contributed by atoms with Crippen LogP contribution in [0.5, 0.6) is 0 Å². The molecule has 0 bridgehead atoms. The summed E-state index contributed by atoms with van der Waals surface area (Å²) >= 11 is 0. The fourth-order valence-electron chi connectivity index (χ4n) is 5.66. The van der Waals surface area contributed by atoms with Gasteiger partial charge in [-0.3, -0.25) is 0 Å². The number of hydrogen-bond acceptors (Lipinski definition) is 6. The Kier molecular flexibility index (Phi) is 246. The van der Waals surface area contributed by atoms with Gasteiger partial charge in [0.15, 0.2) is 0 Å². The van der Waals surface area contributed by atoms with Gasteiger partial charge in [-0.1, -0.05) is 509 Å². The number of allylic oxidation sites excluding steroid dienone is 4. The van der Waals surface area contributed by atoms with Crippen LogP contribution in [0.25, 0.3) is 10.8 Å². The highest BCUT2D eigenvalue weighted by Crippen LogP contribution is 2.27. The van der Waals surface area contributed by atoms with Crippen molar-refractivity contribution in [2.75, 3.05) is 0 Å². The highest BCUT2D eigenvalue weighted by atomic mass is 15.1.